The molecule has 0 rings (SSSR count). The normalized spacial score (nSPS) is 5.50. The molecule has 0 saturated carbocycles. The quantitative estimate of drug-likeness (QED) is 0.510. The van der Waals surface area contributed by atoms with Crippen LogP contribution < -0.4 is 0 Å². The van der Waals surface area contributed by atoms with Crippen LogP contribution in [0.4, 0.5) is 0 Å². The van der Waals surface area contributed by atoms with Crippen molar-refractivity contribution in [3.8, 4) is 0 Å². The first-order chi connectivity index (χ1) is 1.41. The SMILES string of the molecule is [Cl][Cu][Cl].[Co]. The zero-order valence-corrected chi connectivity index (χ0v) is 4.89. The maximum Gasteiger partial charge on any atom is 0 e. The van der Waals surface area contributed by atoms with Gasteiger partial charge in [-0.3, -0.25) is 0 Å². The summed E-state index contributed by atoms with van der Waals surface area (Å²) in [7, 11) is 9.34. The van der Waals surface area contributed by atoms with E-state index < -0.39 is 0 Å². The monoisotopic (exact) mass is 192 g/mol. The Balaban J connectivity index is 0. The molecule has 0 unspecified atom stereocenters. The number of hydrogen-bond donors (Lipinski definition) is 0. The third-order valence-corrected chi connectivity index (χ3v) is 0. The summed E-state index contributed by atoms with van der Waals surface area (Å²) in [4.78, 5) is 0. The van der Waals surface area contributed by atoms with Gasteiger partial charge in [0.1, 0.15) is 0 Å². The fourth-order valence-corrected chi connectivity index (χ4v) is 0. The van der Waals surface area contributed by atoms with Crippen molar-refractivity contribution in [1.82, 2.24) is 0 Å². The minimum absolute atomic E-state index is 0. The van der Waals surface area contributed by atoms with Crippen molar-refractivity contribution in [3.63, 3.8) is 0 Å². The molecule has 0 amide bonds. The maximum atomic E-state index is 4.67. The molecule has 1 radical (unpaired) electrons. The van der Waals surface area contributed by atoms with Gasteiger partial charge >= 0.3 is 33.3 Å². The van der Waals surface area contributed by atoms with E-state index in [4.69, 9.17) is 0 Å². The van der Waals surface area contributed by atoms with Gasteiger partial charge in [-0.25, -0.2) is 0 Å². The van der Waals surface area contributed by atoms with Crippen molar-refractivity contribution in [2.24, 2.45) is 0 Å². The first kappa shape index (κ1) is 9.15. The van der Waals surface area contributed by atoms with Gasteiger partial charge in [-0.2, -0.15) is 0 Å². The topological polar surface area (TPSA) is 0 Å². The van der Waals surface area contributed by atoms with Crippen LogP contribution in [0.2, 0.25) is 0 Å². The summed E-state index contributed by atoms with van der Waals surface area (Å²) in [5.74, 6) is 0. The van der Waals surface area contributed by atoms with Crippen LogP contribution in [0.3, 0.4) is 0 Å². The fraction of sp³-hybridized carbons (Fsp3) is 0. The summed E-state index contributed by atoms with van der Waals surface area (Å²) in [6.45, 7) is 0. The Labute approximate surface area is 50.0 Å². The van der Waals surface area contributed by atoms with Crippen molar-refractivity contribution in [2.45, 2.75) is 0 Å². The van der Waals surface area contributed by atoms with Crippen LogP contribution in [0.5, 0.6) is 0 Å². The van der Waals surface area contributed by atoms with Gasteiger partial charge in [-0.1, -0.05) is 0 Å². The fourth-order valence-electron chi connectivity index (χ4n) is 0. The molecule has 4 heteroatoms. The van der Waals surface area contributed by atoms with Crippen LogP contribution in [-0.2, 0) is 29.9 Å². The molecule has 4 heavy (non-hydrogen) atoms. The average Bonchev–Trinajstić information content (AvgIpc) is 0.918. The Morgan fingerprint density at radius 1 is 1.25 bits per heavy atom. The second-order valence-corrected chi connectivity index (χ2v) is 1.60. The van der Waals surface area contributed by atoms with Crippen molar-refractivity contribution in [1.29, 1.82) is 0 Å². The molecule has 0 N–H and O–H groups in total. The van der Waals surface area contributed by atoms with Crippen LogP contribution in [0.15, 0.2) is 0 Å². The Bertz CT molecular complexity index is 6.00. The van der Waals surface area contributed by atoms with Crippen LogP contribution in [0.25, 0.3) is 0 Å². The molecule has 0 fully saturated rings. The first-order valence-electron chi connectivity index (χ1n) is 0.228. The molecule has 0 heterocycles. The predicted octanol–water partition coefficient (Wildman–Crippen LogP) is 1.37. The molecule has 0 spiro atoms. The van der Waals surface area contributed by atoms with Gasteiger partial charge in [0.05, 0.1) is 0 Å². The number of halogens is 2. The molecular formula is Cl2CoCu. The van der Waals surface area contributed by atoms with Gasteiger partial charge in [0.25, 0.3) is 0 Å². The van der Waals surface area contributed by atoms with E-state index in [1.165, 1.54) is 0 Å². The molecule has 0 aromatic rings. The maximum absolute atomic E-state index is 4.67. The Morgan fingerprint density at radius 3 is 1.25 bits per heavy atom. The van der Waals surface area contributed by atoms with Crippen molar-refractivity contribution in [3.05, 3.63) is 0 Å². The van der Waals surface area contributed by atoms with E-state index in [1.54, 1.807) is 0 Å². The second-order valence-electron chi connectivity index (χ2n) is 0.0431. The minimum Gasteiger partial charge on any atom is 0 e. The van der Waals surface area contributed by atoms with Gasteiger partial charge in [0.15, 0.2) is 0 Å². The van der Waals surface area contributed by atoms with Gasteiger partial charge in [-0.15, -0.1) is 0 Å². The molecule has 0 aliphatic carbocycles. The second kappa shape index (κ2) is 8.82. The Hall–Kier alpha value is 1.61. The molecule has 34 valence electrons. The largest absolute Gasteiger partial charge is 0 e. The first-order valence-corrected chi connectivity index (χ1v) is 2.82. The van der Waals surface area contributed by atoms with Gasteiger partial charge in [0, 0.05) is 16.8 Å². The summed E-state index contributed by atoms with van der Waals surface area (Å²) in [5, 5.41) is 0. The summed E-state index contributed by atoms with van der Waals surface area (Å²) in [5.41, 5.74) is 0. The molecule has 0 saturated heterocycles. The molecule has 0 bridgehead atoms. The predicted molar refractivity (Wildman–Crippen MR) is 11.7 cm³/mol. The molecule has 0 nitrogen and oxygen atoms in total. The summed E-state index contributed by atoms with van der Waals surface area (Å²) in [6.07, 6.45) is 0. The van der Waals surface area contributed by atoms with Crippen molar-refractivity contribution >= 4 is 20.2 Å². The van der Waals surface area contributed by atoms with E-state index in [0.29, 0.717) is 0 Å². The smallest absolute Gasteiger partial charge is 0 e. The van der Waals surface area contributed by atoms with E-state index in [0.717, 1.165) is 13.1 Å². The zero-order chi connectivity index (χ0) is 2.71. The molecule has 0 aromatic carbocycles. The van der Waals surface area contributed by atoms with E-state index in [9.17, 15) is 0 Å². The van der Waals surface area contributed by atoms with Crippen LogP contribution in [-0.4, -0.2) is 0 Å². The number of rotatable bonds is 0. The summed E-state index contributed by atoms with van der Waals surface area (Å²) >= 11 is 0.757. The van der Waals surface area contributed by atoms with E-state index in [2.05, 4.69) is 20.2 Å². The molecule has 0 aromatic heterocycles. The molecule has 0 atom stereocenters. The van der Waals surface area contributed by atoms with Crippen molar-refractivity contribution in [2.75, 3.05) is 0 Å². The molecule has 0 aliphatic heterocycles. The van der Waals surface area contributed by atoms with Crippen molar-refractivity contribution < 1.29 is 29.9 Å². The van der Waals surface area contributed by atoms with E-state index in [1.807, 2.05) is 0 Å². The third-order valence-electron chi connectivity index (χ3n) is 0. The van der Waals surface area contributed by atoms with Gasteiger partial charge in [0.2, 0.25) is 0 Å². The van der Waals surface area contributed by atoms with Crippen LogP contribution >= 0.6 is 20.2 Å². The van der Waals surface area contributed by atoms with E-state index >= 15 is 0 Å². The van der Waals surface area contributed by atoms with Gasteiger partial charge < -0.3 is 0 Å². The average molecular weight is 193 g/mol. The standard InChI is InChI=1S/2ClH.Co.Cu/h2*1H;;/q;;;+2/p-2. The van der Waals surface area contributed by atoms with E-state index in [-0.39, 0.29) is 16.8 Å². The third kappa shape index (κ3) is 9.49. The summed E-state index contributed by atoms with van der Waals surface area (Å²) in [6, 6.07) is 0. The minimum atomic E-state index is 0. The van der Waals surface area contributed by atoms with Crippen LogP contribution in [0.1, 0.15) is 0 Å². The Morgan fingerprint density at radius 2 is 1.25 bits per heavy atom. The van der Waals surface area contributed by atoms with Gasteiger partial charge in [-0.05, 0) is 0 Å². The molecular weight excluding hydrogens is 193 g/mol. The van der Waals surface area contributed by atoms with Crippen LogP contribution in [0, 0.1) is 0 Å². The summed E-state index contributed by atoms with van der Waals surface area (Å²) < 4.78 is 0. The Kier molecular flexibility index (Phi) is 20.2. The molecule has 0 aliphatic rings. The zero-order valence-electron chi connectivity index (χ0n) is 1.39. The number of hydrogen-bond acceptors (Lipinski definition) is 0.